The Labute approximate surface area is 177 Å². The summed E-state index contributed by atoms with van der Waals surface area (Å²) >= 11 is 1.74. The number of hydrogen-bond acceptors (Lipinski definition) is 4. The van der Waals surface area contributed by atoms with Crippen LogP contribution in [-0.2, 0) is 11.8 Å². The van der Waals surface area contributed by atoms with Gasteiger partial charge < -0.3 is 15.4 Å². The molecule has 0 aliphatic rings. The number of benzene rings is 1. The molecule has 2 rings (SSSR count). The zero-order valence-electron chi connectivity index (χ0n) is 16.1. The summed E-state index contributed by atoms with van der Waals surface area (Å²) in [5, 5.41) is 7.92. The van der Waals surface area contributed by atoms with Crippen molar-refractivity contribution >= 4 is 41.3 Å². The van der Waals surface area contributed by atoms with Gasteiger partial charge in [-0.05, 0) is 24.6 Å². The Bertz CT molecular complexity index is 715. The molecule has 0 unspecified atom stereocenters. The molecular formula is C19H29IN4OS. The summed E-state index contributed by atoms with van der Waals surface area (Å²) < 4.78 is 5.33. The fraction of sp³-hybridized carbons (Fsp3) is 0.474. The highest BCUT2D eigenvalue weighted by Crippen LogP contribution is 2.25. The summed E-state index contributed by atoms with van der Waals surface area (Å²) in [4.78, 5) is 9.94. The highest BCUT2D eigenvalue weighted by atomic mass is 127. The zero-order chi connectivity index (χ0) is 18.3. The minimum atomic E-state index is -0.0431. The van der Waals surface area contributed by atoms with Crippen molar-refractivity contribution in [3.63, 3.8) is 0 Å². The van der Waals surface area contributed by atoms with Crippen LogP contribution in [0.4, 0.5) is 0 Å². The maximum absolute atomic E-state index is 5.33. The van der Waals surface area contributed by atoms with Crippen LogP contribution in [0.5, 0.6) is 5.75 Å². The van der Waals surface area contributed by atoms with E-state index in [0.29, 0.717) is 0 Å². The van der Waals surface area contributed by atoms with Gasteiger partial charge in [0.1, 0.15) is 5.75 Å². The van der Waals surface area contributed by atoms with E-state index >= 15 is 0 Å². The smallest absolute Gasteiger partial charge is 0.191 e. The van der Waals surface area contributed by atoms with Gasteiger partial charge in [0.25, 0.3) is 0 Å². The summed E-state index contributed by atoms with van der Waals surface area (Å²) in [6, 6.07) is 8.21. The number of nitrogens with one attached hydrogen (secondary N) is 2. The molecule has 0 aliphatic heterocycles. The molecule has 0 fully saturated rings. The molecule has 2 aromatic rings. The predicted molar refractivity (Wildman–Crippen MR) is 121 cm³/mol. The Morgan fingerprint density at radius 2 is 2.08 bits per heavy atom. The van der Waals surface area contributed by atoms with Crippen molar-refractivity contribution < 1.29 is 4.74 Å². The highest BCUT2D eigenvalue weighted by Gasteiger charge is 2.21. The molecule has 144 valence electrons. The number of aryl methyl sites for hydroxylation is 1. The van der Waals surface area contributed by atoms with Gasteiger partial charge in [0.15, 0.2) is 5.96 Å². The largest absolute Gasteiger partial charge is 0.497 e. The molecule has 26 heavy (non-hydrogen) atoms. The molecule has 2 N–H and O–H groups in total. The second-order valence-electron chi connectivity index (χ2n) is 6.58. The van der Waals surface area contributed by atoms with Crippen LogP contribution in [0.1, 0.15) is 29.3 Å². The Kier molecular flexibility index (Phi) is 9.35. The summed E-state index contributed by atoms with van der Waals surface area (Å²) in [7, 11) is 3.49. The van der Waals surface area contributed by atoms with Crippen molar-refractivity contribution in [2.75, 3.05) is 27.2 Å². The summed E-state index contributed by atoms with van der Waals surface area (Å²) in [5.74, 6) is 1.69. The summed E-state index contributed by atoms with van der Waals surface area (Å²) in [6.45, 7) is 8.08. The van der Waals surface area contributed by atoms with E-state index < -0.39 is 0 Å². The van der Waals surface area contributed by atoms with E-state index in [1.807, 2.05) is 18.3 Å². The van der Waals surface area contributed by atoms with Gasteiger partial charge in [0, 0.05) is 43.0 Å². The second kappa shape index (κ2) is 10.7. The number of nitrogens with zero attached hydrogens (tertiary/aromatic N) is 2. The molecule has 0 amide bonds. The monoisotopic (exact) mass is 488 g/mol. The first-order valence-corrected chi connectivity index (χ1v) is 9.26. The number of halogens is 1. The SMILES string of the molecule is CN=C(NCCc1ncc(C)s1)NCC(C)(C)c1cccc(OC)c1.I. The van der Waals surface area contributed by atoms with Crippen LogP contribution < -0.4 is 15.4 Å². The number of guanidine groups is 1. The number of rotatable bonds is 7. The average Bonchev–Trinajstić information content (AvgIpc) is 3.03. The number of ether oxygens (including phenoxy) is 1. The molecule has 0 saturated carbocycles. The molecule has 0 spiro atoms. The van der Waals surface area contributed by atoms with Crippen molar-refractivity contribution in [3.8, 4) is 5.75 Å². The fourth-order valence-corrected chi connectivity index (χ4v) is 3.26. The number of aliphatic imine (C=N–C) groups is 1. The minimum Gasteiger partial charge on any atom is -0.497 e. The first-order chi connectivity index (χ1) is 11.9. The van der Waals surface area contributed by atoms with E-state index in [0.717, 1.165) is 36.2 Å². The van der Waals surface area contributed by atoms with Gasteiger partial charge in [0.2, 0.25) is 0 Å². The molecular weight excluding hydrogens is 459 g/mol. The lowest BCUT2D eigenvalue weighted by Crippen LogP contribution is -2.44. The van der Waals surface area contributed by atoms with E-state index in [1.54, 1.807) is 25.5 Å². The lowest BCUT2D eigenvalue weighted by Gasteiger charge is -2.27. The van der Waals surface area contributed by atoms with Gasteiger partial charge in [-0.2, -0.15) is 0 Å². The molecule has 0 bridgehead atoms. The van der Waals surface area contributed by atoms with E-state index in [4.69, 9.17) is 4.74 Å². The Hall–Kier alpha value is -1.35. The maximum atomic E-state index is 5.33. The highest BCUT2D eigenvalue weighted by molar-refractivity contribution is 14.0. The van der Waals surface area contributed by atoms with Crippen LogP contribution in [0.25, 0.3) is 0 Å². The molecule has 0 aliphatic carbocycles. The zero-order valence-corrected chi connectivity index (χ0v) is 19.3. The third-order valence-corrected chi connectivity index (χ3v) is 5.05. The van der Waals surface area contributed by atoms with Gasteiger partial charge >= 0.3 is 0 Å². The summed E-state index contributed by atoms with van der Waals surface area (Å²) in [6.07, 6.45) is 2.82. The van der Waals surface area contributed by atoms with Crippen molar-refractivity contribution in [2.45, 2.75) is 32.6 Å². The van der Waals surface area contributed by atoms with Crippen molar-refractivity contribution in [1.82, 2.24) is 15.6 Å². The van der Waals surface area contributed by atoms with Crippen molar-refractivity contribution in [2.24, 2.45) is 4.99 Å². The molecule has 1 aromatic heterocycles. The van der Waals surface area contributed by atoms with Crippen molar-refractivity contribution in [3.05, 3.63) is 45.9 Å². The number of thiazole rings is 1. The van der Waals surface area contributed by atoms with Crippen LogP contribution in [0.3, 0.4) is 0 Å². The van der Waals surface area contributed by atoms with Crippen molar-refractivity contribution in [1.29, 1.82) is 0 Å². The minimum absolute atomic E-state index is 0. The average molecular weight is 488 g/mol. The lowest BCUT2D eigenvalue weighted by atomic mass is 9.84. The topological polar surface area (TPSA) is 58.5 Å². The lowest BCUT2D eigenvalue weighted by molar-refractivity contribution is 0.411. The predicted octanol–water partition coefficient (Wildman–Crippen LogP) is 3.76. The summed E-state index contributed by atoms with van der Waals surface area (Å²) in [5.41, 5.74) is 1.19. The maximum Gasteiger partial charge on any atom is 0.191 e. The fourth-order valence-electron chi connectivity index (χ4n) is 2.48. The number of methoxy groups -OCH3 is 1. The number of aromatic nitrogens is 1. The van der Waals surface area contributed by atoms with Crippen LogP contribution in [0.2, 0.25) is 0 Å². The first-order valence-electron chi connectivity index (χ1n) is 8.45. The van der Waals surface area contributed by atoms with Gasteiger partial charge in [0.05, 0.1) is 12.1 Å². The molecule has 1 aromatic carbocycles. The first kappa shape index (κ1) is 22.7. The Balaban J connectivity index is 0.00000338. The van der Waals surface area contributed by atoms with Crippen LogP contribution in [0.15, 0.2) is 35.5 Å². The van der Waals surface area contributed by atoms with Crippen LogP contribution in [-0.4, -0.2) is 38.2 Å². The van der Waals surface area contributed by atoms with Gasteiger partial charge in [-0.25, -0.2) is 4.98 Å². The van der Waals surface area contributed by atoms with E-state index in [9.17, 15) is 0 Å². The third-order valence-electron chi connectivity index (χ3n) is 4.07. The number of hydrogen-bond donors (Lipinski definition) is 2. The molecule has 0 saturated heterocycles. The molecule has 7 heteroatoms. The Morgan fingerprint density at radius 3 is 2.69 bits per heavy atom. The van der Waals surface area contributed by atoms with Crippen LogP contribution in [0, 0.1) is 6.92 Å². The standard InChI is InChI=1S/C19H28N4OS.HI/c1-14-12-22-17(25-14)9-10-21-18(20-4)23-13-19(2,3)15-7-6-8-16(11-15)24-5;/h6-8,11-12H,9-10,13H2,1-5H3,(H2,20,21,23);1H. The van der Waals surface area contributed by atoms with E-state index in [-0.39, 0.29) is 29.4 Å². The van der Waals surface area contributed by atoms with Crippen LogP contribution >= 0.6 is 35.3 Å². The Morgan fingerprint density at radius 1 is 1.31 bits per heavy atom. The normalized spacial score (nSPS) is 11.7. The van der Waals surface area contributed by atoms with Gasteiger partial charge in [-0.3, -0.25) is 4.99 Å². The third kappa shape index (κ3) is 6.75. The molecule has 1 heterocycles. The van der Waals surface area contributed by atoms with Gasteiger partial charge in [-0.15, -0.1) is 35.3 Å². The van der Waals surface area contributed by atoms with E-state index in [2.05, 4.69) is 53.5 Å². The molecule has 5 nitrogen and oxygen atoms in total. The van der Waals surface area contributed by atoms with E-state index in [1.165, 1.54) is 10.4 Å². The molecule has 0 atom stereocenters. The molecule has 0 radical (unpaired) electrons. The van der Waals surface area contributed by atoms with Gasteiger partial charge in [-0.1, -0.05) is 26.0 Å². The second-order valence-corrected chi connectivity index (χ2v) is 7.90. The quantitative estimate of drug-likeness (QED) is 0.354.